The van der Waals surface area contributed by atoms with Crippen LogP contribution in [0.5, 0.6) is 0 Å². The van der Waals surface area contributed by atoms with Gasteiger partial charge in [-0.25, -0.2) is 0 Å². The predicted molar refractivity (Wildman–Crippen MR) is 66.6 cm³/mol. The van der Waals surface area contributed by atoms with Crippen molar-refractivity contribution >= 4 is 22.9 Å². The molecule has 0 aliphatic rings. The molecule has 80 valence electrons. The van der Waals surface area contributed by atoms with E-state index in [-0.39, 0.29) is 5.41 Å². The summed E-state index contributed by atoms with van der Waals surface area (Å²) < 4.78 is 0.986. The Hall–Kier alpha value is -0.0100. The molecule has 1 aromatic heterocycles. The predicted octanol–water partition coefficient (Wildman–Crippen LogP) is 5.18. The van der Waals surface area contributed by atoms with Crippen LogP contribution < -0.4 is 0 Å². The molecule has 1 rings (SSSR count). The van der Waals surface area contributed by atoms with E-state index in [1.54, 1.807) is 11.3 Å². The number of halogens is 1. The van der Waals surface area contributed by atoms with Gasteiger partial charge in [0.15, 0.2) is 0 Å². The molecule has 2 heteroatoms. The first-order valence-electron chi connectivity index (χ1n) is 5.30. The largest absolute Gasteiger partial charge is 0.128 e. The van der Waals surface area contributed by atoms with Crippen LogP contribution in [-0.4, -0.2) is 0 Å². The average molecular weight is 231 g/mol. The van der Waals surface area contributed by atoms with E-state index in [0.29, 0.717) is 0 Å². The van der Waals surface area contributed by atoms with Crippen LogP contribution in [0, 0.1) is 6.92 Å². The lowest BCUT2D eigenvalue weighted by Crippen LogP contribution is -2.20. The maximum atomic E-state index is 6.26. The molecular formula is C12H19ClS. The molecule has 1 unspecified atom stereocenters. The van der Waals surface area contributed by atoms with Gasteiger partial charge >= 0.3 is 0 Å². The summed E-state index contributed by atoms with van der Waals surface area (Å²) in [5, 5.41) is 0. The van der Waals surface area contributed by atoms with Crippen LogP contribution in [-0.2, 0) is 5.41 Å². The number of aryl methyl sites for hydroxylation is 1. The van der Waals surface area contributed by atoms with Gasteiger partial charge in [-0.15, -0.1) is 11.3 Å². The standard InChI is InChI=1S/C12H19ClS/c1-5-7-12(4,6-2)10-8-9(3)14-11(10)13/h8H,5-7H2,1-4H3. The van der Waals surface area contributed by atoms with Gasteiger partial charge in [-0.05, 0) is 36.8 Å². The first kappa shape index (κ1) is 12.1. The SMILES string of the molecule is CCCC(C)(CC)c1cc(C)sc1Cl. The summed E-state index contributed by atoms with van der Waals surface area (Å²) in [4.78, 5) is 1.32. The molecule has 0 saturated carbocycles. The Balaban J connectivity index is 3.04. The highest BCUT2D eigenvalue weighted by molar-refractivity contribution is 7.16. The lowest BCUT2D eigenvalue weighted by Gasteiger charge is -2.27. The summed E-state index contributed by atoms with van der Waals surface area (Å²) in [5.41, 5.74) is 1.63. The van der Waals surface area contributed by atoms with Crippen molar-refractivity contribution in [3.05, 3.63) is 20.8 Å². The van der Waals surface area contributed by atoms with E-state index >= 15 is 0 Å². The molecule has 0 bridgehead atoms. The molecule has 0 nitrogen and oxygen atoms in total. The van der Waals surface area contributed by atoms with Crippen molar-refractivity contribution in [2.75, 3.05) is 0 Å². The maximum absolute atomic E-state index is 6.26. The molecule has 1 heterocycles. The van der Waals surface area contributed by atoms with Crippen molar-refractivity contribution in [3.63, 3.8) is 0 Å². The zero-order valence-corrected chi connectivity index (χ0v) is 11.1. The summed E-state index contributed by atoms with van der Waals surface area (Å²) in [6, 6.07) is 2.26. The van der Waals surface area contributed by atoms with Gasteiger partial charge in [-0.3, -0.25) is 0 Å². The number of hydrogen-bond acceptors (Lipinski definition) is 1. The third-order valence-corrected chi connectivity index (χ3v) is 4.32. The van der Waals surface area contributed by atoms with Gasteiger partial charge in [-0.1, -0.05) is 38.8 Å². The smallest absolute Gasteiger partial charge is 0.0968 e. The van der Waals surface area contributed by atoms with Crippen LogP contribution in [0.4, 0.5) is 0 Å². The van der Waals surface area contributed by atoms with Crippen LogP contribution in [0.2, 0.25) is 4.34 Å². The first-order chi connectivity index (χ1) is 6.53. The molecule has 0 spiro atoms. The fraction of sp³-hybridized carbons (Fsp3) is 0.667. The Labute approximate surface area is 96.3 Å². The summed E-state index contributed by atoms with van der Waals surface area (Å²) in [6.45, 7) is 8.94. The lowest BCUT2D eigenvalue weighted by atomic mass is 9.78. The van der Waals surface area contributed by atoms with E-state index < -0.39 is 0 Å². The van der Waals surface area contributed by atoms with Gasteiger partial charge in [0.05, 0.1) is 4.34 Å². The van der Waals surface area contributed by atoms with Crippen LogP contribution in [0.25, 0.3) is 0 Å². The van der Waals surface area contributed by atoms with Crippen molar-refractivity contribution in [3.8, 4) is 0 Å². The molecule has 1 aromatic rings. The van der Waals surface area contributed by atoms with Crippen molar-refractivity contribution in [2.24, 2.45) is 0 Å². The van der Waals surface area contributed by atoms with Crippen molar-refractivity contribution < 1.29 is 0 Å². The van der Waals surface area contributed by atoms with Gasteiger partial charge in [0.1, 0.15) is 0 Å². The molecule has 0 aromatic carbocycles. The van der Waals surface area contributed by atoms with Gasteiger partial charge < -0.3 is 0 Å². The van der Waals surface area contributed by atoms with Gasteiger partial charge in [0.2, 0.25) is 0 Å². The highest BCUT2D eigenvalue weighted by atomic mass is 35.5. The molecular weight excluding hydrogens is 212 g/mol. The summed E-state index contributed by atoms with van der Waals surface area (Å²) in [5.74, 6) is 0. The van der Waals surface area contributed by atoms with Crippen molar-refractivity contribution in [2.45, 2.75) is 52.4 Å². The Morgan fingerprint density at radius 3 is 2.43 bits per heavy atom. The molecule has 14 heavy (non-hydrogen) atoms. The van der Waals surface area contributed by atoms with E-state index in [9.17, 15) is 0 Å². The molecule has 0 radical (unpaired) electrons. The number of hydrogen-bond donors (Lipinski definition) is 0. The summed E-state index contributed by atoms with van der Waals surface area (Å²) in [6.07, 6.45) is 3.60. The van der Waals surface area contributed by atoms with Crippen molar-refractivity contribution in [1.82, 2.24) is 0 Å². The normalized spacial score (nSPS) is 15.5. The molecule has 0 fully saturated rings. The molecule has 0 amide bonds. The highest BCUT2D eigenvalue weighted by Gasteiger charge is 2.27. The minimum atomic E-state index is 0.274. The minimum absolute atomic E-state index is 0.274. The van der Waals surface area contributed by atoms with Crippen molar-refractivity contribution in [1.29, 1.82) is 0 Å². The minimum Gasteiger partial charge on any atom is -0.128 e. The third kappa shape index (κ3) is 2.32. The van der Waals surface area contributed by atoms with E-state index in [1.807, 2.05) is 0 Å². The van der Waals surface area contributed by atoms with E-state index in [0.717, 1.165) is 10.8 Å². The van der Waals surface area contributed by atoms with E-state index in [2.05, 4.69) is 33.8 Å². The zero-order valence-electron chi connectivity index (χ0n) is 9.48. The second-order valence-electron chi connectivity index (χ2n) is 4.21. The summed E-state index contributed by atoms with van der Waals surface area (Å²) >= 11 is 7.97. The molecule has 0 aliphatic heterocycles. The fourth-order valence-corrected chi connectivity index (χ4v) is 3.47. The molecule has 0 N–H and O–H groups in total. The fourth-order valence-electron chi connectivity index (χ4n) is 1.95. The Kier molecular flexibility index (Phi) is 4.03. The Morgan fingerprint density at radius 2 is 2.07 bits per heavy atom. The maximum Gasteiger partial charge on any atom is 0.0968 e. The van der Waals surface area contributed by atoms with Crippen LogP contribution in [0.1, 0.15) is 50.5 Å². The summed E-state index contributed by atoms with van der Waals surface area (Å²) in [7, 11) is 0. The first-order valence-corrected chi connectivity index (χ1v) is 6.49. The Bertz CT molecular complexity index is 303. The third-order valence-electron chi connectivity index (χ3n) is 3.04. The second kappa shape index (κ2) is 4.67. The molecule has 0 aliphatic carbocycles. The quantitative estimate of drug-likeness (QED) is 0.669. The zero-order chi connectivity index (χ0) is 10.8. The van der Waals surface area contributed by atoms with E-state index in [1.165, 1.54) is 23.3 Å². The van der Waals surface area contributed by atoms with Crippen LogP contribution in [0.3, 0.4) is 0 Å². The highest BCUT2D eigenvalue weighted by Crippen LogP contribution is 2.40. The molecule has 1 atom stereocenters. The topological polar surface area (TPSA) is 0 Å². The number of thiophene rings is 1. The van der Waals surface area contributed by atoms with Gasteiger partial charge in [0, 0.05) is 4.88 Å². The average Bonchev–Trinajstić information content (AvgIpc) is 2.46. The lowest BCUT2D eigenvalue weighted by molar-refractivity contribution is 0.415. The molecule has 0 saturated heterocycles. The van der Waals surface area contributed by atoms with E-state index in [4.69, 9.17) is 11.6 Å². The second-order valence-corrected chi connectivity index (χ2v) is 6.07. The Morgan fingerprint density at radius 1 is 1.43 bits per heavy atom. The van der Waals surface area contributed by atoms with Gasteiger partial charge in [-0.2, -0.15) is 0 Å². The van der Waals surface area contributed by atoms with Crippen LogP contribution in [0.15, 0.2) is 6.07 Å². The monoisotopic (exact) mass is 230 g/mol. The number of rotatable bonds is 4. The van der Waals surface area contributed by atoms with Gasteiger partial charge in [0.25, 0.3) is 0 Å². The van der Waals surface area contributed by atoms with Crippen LogP contribution >= 0.6 is 22.9 Å².